The largest absolute Gasteiger partial charge is 0.454 e. The van der Waals surface area contributed by atoms with E-state index in [-0.39, 0.29) is 25.9 Å². The van der Waals surface area contributed by atoms with Gasteiger partial charge in [-0.05, 0) is 23.8 Å². The second-order valence-electron chi connectivity index (χ2n) is 5.29. The van der Waals surface area contributed by atoms with Gasteiger partial charge in [-0.15, -0.1) is 0 Å². The Kier molecular flexibility index (Phi) is 3.42. The molecule has 1 N–H and O–H groups in total. The molecule has 0 saturated carbocycles. The van der Waals surface area contributed by atoms with E-state index in [2.05, 4.69) is 5.32 Å². The van der Waals surface area contributed by atoms with Crippen LogP contribution in [0.2, 0.25) is 0 Å². The highest BCUT2D eigenvalue weighted by Crippen LogP contribution is 2.35. The quantitative estimate of drug-likeness (QED) is 0.935. The molecule has 0 aliphatic carbocycles. The monoisotopic (exact) mass is 313 g/mol. The lowest BCUT2D eigenvalue weighted by atomic mass is 10.1. The number of fused-ring (bicyclic) bond motifs is 2. The number of amides is 1. The minimum atomic E-state index is -0.0773. The topological polar surface area (TPSA) is 66.0 Å². The highest BCUT2D eigenvalue weighted by atomic mass is 16.7. The number of para-hydroxylation sites is 1. The SMILES string of the molecule is O=C(Cc1cccc2c1OCO2)NCc1ccc2c(c1)OCO2. The first-order valence-corrected chi connectivity index (χ1v) is 7.32. The Morgan fingerprint density at radius 2 is 1.78 bits per heavy atom. The van der Waals surface area contributed by atoms with E-state index in [9.17, 15) is 4.79 Å². The van der Waals surface area contributed by atoms with Crippen molar-refractivity contribution in [3.05, 3.63) is 47.5 Å². The molecular weight excluding hydrogens is 298 g/mol. The molecule has 0 radical (unpaired) electrons. The van der Waals surface area contributed by atoms with Gasteiger partial charge in [0.2, 0.25) is 19.5 Å². The molecule has 0 saturated heterocycles. The van der Waals surface area contributed by atoms with Crippen LogP contribution in [0.4, 0.5) is 0 Å². The zero-order valence-electron chi connectivity index (χ0n) is 12.3. The van der Waals surface area contributed by atoms with Crippen molar-refractivity contribution in [3.8, 4) is 23.0 Å². The molecule has 2 aromatic carbocycles. The van der Waals surface area contributed by atoms with Crippen LogP contribution >= 0.6 is 0 Å². The van der Waals surface area contributed by atoms with Crippen molar-refractivity contribution in [3.63, 3.8) is 0 Å². The van der Waals surface area contributed by atoms with Crippen LogP contribution in [0.25, 0.3) is 0 Å². The second-order valence-corrected chi connectivity index (χ2v) is 5.29. The van der Waals surface area contributed by atoms with Crippen molar-refractivity contribution in [2.24, 2.45) is 0 Å². The van der Waals surface area contributed by atoms with Crippen LogP contribution in [-0.4, -0.2) is 19.5 Å². The molecule has 6 heteroatoms. The number of rotatable bonds is 4. The molecule has 0 bridgehead atoms. The molecule has 6 nitrogen and oxygen atoms in total. The molecule has 1 amide bonds. The molecule has 118 valence electrons. The van der Waals surface area contributed by atoms with Gasteiger partial charge in [0, 0.05) is 12.1 Å². The van der Waals surface area contributed by atoms with E-state index >= 15 is 0 Å². The van der Waals surface area contributed by atoms with Crippen LogP contribution in [0.15, 0.2) is 36.4 Å². The van der Waals surface area contributed by atoms with E-state index in [0.717, 1.165) is 16.9 Å². The zero-order valence-corrected chi connectivity index (χ0v) is 12.3. The Bertz CT molecular complexity index is 759. The maximum Gasteiger partial charge on any atom is 0.231 e. The predicted octanol–water partition coefficient (Wildman–Crippen LogP) is 2.00. The van der Waals surface area contributed by atoms with Crippen molar-refractivity contribution in [1.82, 2.24) is 5.32 Å². The maximum absolute atomic E-state index is 12.2. The minimum absolute atomic E-state index is 0.0773. The molecular formula is C17H15NO5. The van der Waals surface area contributed by atoms with Gasteiger partial charge in [0.05, 0.1) is 6.42 Å². The summed E-state index contributed by atoms with van der Waals surface area (Å²) in [6.07, 6.45) is 0.247. The lowest BCUT2D eigenvalue weighted by Crippen LogP contribution is -2.24. The van der Waals surface area contributed by atoms with E-state index in [1.165, 1.54) is 0 Å². The fraction of sp³-hybridized carbons (Fsp3) is 0.235. The smallest absolute Gasteiger partial charge is 0.231 e. The number of benzene rings is 2. The van der Waals surface area contributed by atoms with Crippen LogP contribution in [-0.2, 0) is 17.8 Å². The summed E-state index contributed by atoms with van der Waals surface area (Å²) in [7, 11) is 0. The molecule has 4 rings (SSSR count). The fourth-order valence-corrected chi connectivity index (χ4v) is 2.62. The van der Waals surface area contributed by atoms with E-state index in [0.29, 0.717) is 23.8 Å². The number of hydrogen-bond acceptors (Lipinski definition) is 5. The van der Waals surface area contributed by atoms with Gasteiger partial charge in [-0.2, -0.15) is 0 Å². The molecule has 0 spiro atoms. The molecule has 2 aliphatic heterocycles. The van der Waals surface area contributed by atoms with Gasteiger partial charge in [-0.3, -0.25) is 4.79 Å². The number of carbonyl (C=O) groups is 1. The Balaban J connectivity index is 1.38. The van der Waals surface area contributed by atoms with Crippen LogP contribution < -0.4 is 24.3 Å². The second kappa shape index (κ2) is 5.72. The lowest BCUT2D eigenvalue weighted by Gasteiger charge is -2.08. The Hall–Kier alpha value is -2.89. The molecule has 2 aromatic rings. The number of carbonyl (C=O) groups excluding carboxylic acids is 1. The molecule has 0 atom stereocenters. The number of ether oxygens (including phenoxy) is 4. The molecule has 0 fully saturated rings. The van der Waals surface area contributed by atoms with E-state index < -0.39 is 0 Å². The number of hydrogen-bond donors (Lipinski definition) is 1. The van der Waals surface area contributed by atoms with E-state index in [1.807, 2.05) is 36.4 Å². The third-order valence-corrected chi connectivity index (χ3v) is 3.76. The minimum Gasteiger partial charge on any atom is -0.454 e. The highest BCUT2D eigenvalue weighted by Gasteiger charge is 2.19. The van der Waals surface area contributed by atoms with Gasteiger partial charge in [0.15, 0.2) is 23.0 Å². The van der Waals surface area contributed by atoms with Crippen molar-refractivity contribution in [2.45, 2.75) is 13.0 Å². The summed E-state index contributed by atoms with van der Waals surface area (Å²) in [5, 5.41) is 2.90. The van der Waals surface area contributed by atoms with Gasteiger partial charge in [-0.1, -0.05) is 18.2 Å². The Labute approximate surface area is 132 Å². The molecule has 0 aromatic heterocycles. The van der Waals surface area contributed by atoms with Crippen molar-refractivity contribution < 1.29 is 23.7 Å². The van der Waals surface area contributed by atoms with Crippen molar-refractivity contribution in [2.75, 3.05) is 13.6 Å². The Morgan fingerprint density at radius 1 is 0.957 bits per heavy atom. The Morgan fingerprint density at radius 3 is 2.74 bits per heavy atom. The van der Waals surface area contributed by atoms with Gasteiger partial charge < -0.3 is 24.3 Å². The van der Waals surface area contributed by atoms with Crippen molar-refractivity contribution >= 4 is 5.91 Å². The van der Waals surface area contributed by atoms with E-state index in [1.54, 1.807) is 0 Å². The van der Waals surface area contributed by atoms with Crippen LogP contribution in [0.3, 0.4) is 0 Å². The third-order valence-electron chi connectivity index (χ3n) is 3.76. The summed E-state index contributed by atoms with van der Waals surface area (Å²) in [5.74, 6) is 2.71. The molecule has 0 unspecified atom stereocenters. The third kappa shape index (κ3) is 2.75. The summed E-state index contributed by atoms with van der Waals surface area (Å²) in [6.45, 7) is 0.874. The van der Waals surface area contributed by atoms with Crippen LogP contribution in [0, 0.1) is 0 Å². The molecule has 2 aliphatic rings. The number of nitrogens with one attached hydrogen (secondary N) is 1. The zero-order chi connectivity index (χ0) is 15.6. The standard InChI is InChI=1S/C17H15NO5/c19-16(7-12-2-1-3-14-17(12)23-10-21-14)18-8-11-4-5-13-15(6-11)22-9-20-13/h1-6H,7-10H2,(H,18,19). The normalized spacial score (nSPS) is 13.9. The van der Waals surface area contributed by atoms with Gasteiger partial charge >= 0.3 is 0 Å². The fourth-order valence-electron chi connectivity index (χ4n) is 2.62. The molecule has 23 heavy (non-hydrogen) atoms. The summed E-state index contributed by atoms with van der Waals surface area (Å²) < 4.78 is 21.3. The maximum atomic E-state index is 12.2. The first-order chi connectivity index (χ1) is 11.3. The van der Waals surface area contributed by atoms with E-state index in [4.69, 9.17) is 18.9 Å². The first-order valence-electron chi connectivity index (χ1n) is 7.32. The van der Waals surface area contributed by atoms with Gasteiger partial charge in [0.25, 0.3) is 0 Å². The predicted molar refractivity (Wildman–Crippen MR) is 80.7 cm³/mol. The summed E-state index contributed by atoms with van der Waals surface area (Å²) in [6, 6.07) is 11.2. The van der Waals surface area contributed by atoms with Gasteiger partial charge in [-0.25, -0.2) is 0 Å². The summed E-state index contributed by atoms with van der Waals surface area (Å²) in [4.78, 5) is 12.2. The average Bonchev–Trinajstić information content (AvgIpc) is 3.21. The van der Waals surface area contributed by atoms with Crippen LogP contribution in [0.5, 0.6) is 23.0 Å². The van der Waals surface area contributed by atoms with Gasteiger partial charge in [0.1, 0.15) is 0 Å². The highest BCUT2D eigenvalue weighted by molar-refractivity contribution is 5.79. The first kappa shape index (κ1) is 13.8. The van der Waals surface area contributed by atoms with Crippen molar-refractivity contribution in [1.29, 1.82) is 0 Å². The summed E-state index contributed by atoms with van der Waals surface area (Å²) >= 11 is 0. The summed E-state index contributed by atoms with van der Waals surface area (Å²) in [5.41, 5.74) is 1.78. The molecule has 2 heterocycles. The van der Waals surface area contributed by atoms with Crippen LogP contribution in [0.1, 0.15) is 11.1 Å². The average molecular weight is 313 g/mol. The lowest BCUT2D eigenvalue weighted by molar-refractivity contribution is -0.120.